The molecule has 0 saturated heterocycles. The minimum absolute atomic E-state index is 0.0263. The van der Waals surface area contributed by atoms with Crippen LogP contribution in [0.25, 0.3) is 0 Å². The van der Waals surface area contributed by atoms with Crippen LogP contribution in [0.2, 0.25) is 10.0 Å². The number of carbonyl (C=O) groups excluding carboxylic acids is 2. The lowest BCUT2D eigenvalue weighted by Gasteiger charge is -2.32. The van der Waals surface area contributed by atoms with Gasteiger partial charge in [0, 0.05) is 39.4 Å². The van der Waals surface area contributed by atoms with Crippen molar-refractivity contribution in [1.82, 2.24) is 5.32 Å². The highest BCUT2D eigenvalue weighted by atomic mass is 35.5. The van der Waals surface area contributed by atoms with Crippen molar-refractivity contribution in [1.29, 1.82) is 0 Å². The van der Waals surface area contributed by atoms with Gasteiger partial charge in [-0.25, -0.2) is 0 Å². The van der Waals surface area contributed by atoms with Crippen molar-refractivity contribution in [3.8, 4) is 0 Å². The van der Waals surface area contributed by atoms with E-state index < -0.39 is 0 Å². The van der Waals surface area contributed by atoms with Crippen molar-refractivity contribution in [2.75, 3.05) is 0 Å². The highest BCUT2D eigenvalue weighted by Crippen LogP contribution is 2.34. The van der Waals surface area contributed by atoms with E-state index in [9.17, 15) is 9.59 Å². The molecule has 182 valence electrons. The fraction of sp³-hybridized carbons (Fsp3) is 0.333. The van der Waals surface area contributed by atoms with E-state index in [1.54, 1.807) is 0 Å². The summed E-state index contributed by atoms with van der Waals surface area (Å²) in [6.45, 7) is 2.05. The summed E-state index contributed by atoms with van der Waals surface area (Å²) in [6, 6.07) is 24.9. The summed E-state index contributed by atoms with van der Waals surface area (Å²) in [4.78, 5) is 26.8. The maximum Gasteiger partial charge on any atom is 0.224 e. The molecule has 4 rings (SSSR count). The predicted molar refractivity (Wildman–Crippen MR) is 143 cm³/mol. The summed E-state index contributed by atoms with van der Waals surface area (Å²) in [6.07, 6.45) is 4.19. The van der Waals surface area contributed by atoms with Gasteiger partial charge in [0.15, 0.2) is 5.78 Å². The molecule has 0 spiro atoms. The second kappa shape index (κ2) is 11.9. The Hall–Kier alpha value is -2.62. The van der Waals surface area contributed by atoms with Gasteiger partial charge >= 0.3 is 0 Å². The van der Waals surface area contributed by atoms with E-state index in [1.165, 1.54) is 0 Å². The van der Waals surface area contributed by atoms with Gasteiger partial charge in [0.05, 0.1) is 0 Å². The largest absolute Gasteiger partial charge is 0.353 e. The number of ketones is 1. The quantitative estimate of drug-likeness (QED) is 0.320. The Balaban J connectivity index is 1.53. The molecule has 3 aromatic carbocycles. The molecule has 0 radical (unpaired) electrons. The number of carbonyl (C=O) groups is 2. The van der Waals surface area contributed by atoms with Crippen LogP contribution in [0, 0.1) is 11.8 Å². The number of hydrogen-bond acceptors (Lipinski definition) is 2. The van der Waals surface area contributed by atoms with E-state index >= 15 is 0 Å². The molecule has 0 heterocycles. The highest BCUT2D eigenvalue weighted by Gasteiger charge is 2.37. The molecule has 1 aliphatic rings. The van der Waals surface area contributed by atoms with Crippen molar-refractivity contribution in [2.45, 2.75) is 51.0 Å². The topological polar surface area (TPSA) is 46.2 Å². The first-order valence-electron chi connectivity index (χ1n) is 12.3. The molecule has 1 amide bonds. The lowest BCUT2D eigenvalue weighted by molar-refractivity contribution is -0.128. The molecular weight excluding hydrogens is 477 g/mol. The monoisotopic (exact) mass is 507 g/mol. The first-order chi connectivity index (χ1) is 16.9. The fourth-order valence-corrected chi connectivity index (χ4v) is 5.43. The van der Waals surface area contributed by atoms with Gasteiger partial charge in [-0.3, -0.25) is 9.59 Å². The van der Waals surface area contributed by atoms with Gasteiger partial charge < -0.3 is 5.32 Å². The average Bonchev–Trinajstić information content (AvgIpc) is 2.89. The van der Waals surface area contributed by atoms with Crippen molar-refractivity contribution in [2.24, 2.45) is 11.8 Å². The molecule has 2 unspecified atom stereocenters. The Morgan fingerprint density at radius 1 is 0.829 bits per heavy atom. The minimum Gasteiger partial charge on any atom is -0.353 e. The van der Waals surface area contributed by atoms with E-state index in [-0.39, 0.29) is 35.5 Å². The molecule has 5 heteroatoms. The Kier molecular flexibility index (Phi) is 8.64. The molecule has 35 heavy (non-hydrogen) atoms. The summed E-state index contributed by atoms with van der Waals surface area (Å²) < 4.78 is 0. The Morgan fingerprint density at radius 3 is 2.03 bits per heavy atom. The molecule has 0 aliphatic heterocycles. The van der Waals surface area contributed by atoms with Crippen LogP contribution in [0.15, 0.2) is 78.9 Å². The molecule has 4 atom stereocenters. The maximum absolute atomic E-state index is 13.5. The van der Waals surface area contributed by atoms with Crippen molar-refractivity contribution >= 4 is 34.9 Å². The van der Waals surface area contributed by atoms with Crippen molar-refractivity contribution in [3.63, 3.8) is 0 Å². The second-order valence-electron chi connectivity index (χ2n) is 9.51. The third kappa shape index (κ3) is 6.54. The van der Waals surface area contributed by atoms with E-state index in [0.717, 1.165) is 43.2 Å². The van der Waals surface area contributed by atoms with Crippen molar-refractivity contribution < 1.29 is 9.59 Å². The SMILES string of the molecule is CC(NC(=O)[C@H]1CCCC[C@@H]1C(=O)c1ccccc1)C(Cc1ccc(Cl)cc1)c1ccc(Cl)cc1. The van der Waals surface area contributed by atoms with Crippen LogP contribution in [-0.2, 0) is 11.2 Å². The second-order valence-corrected chi connectivity index (χ2v) is 10.4. The van der Waals surface area contributed by atoms with Gasteiger partial charge in [-0.15, -0.1) is 0 Å². The van der Waals surface area contributed by atoms with Crippen LogP contribution in [0.5, 0.6) is 0 Å². The number of Topliss-reactive ketones (excluding diaryl/α,β-unsaturated/α-hetero) is 1. The zero-order valence-corrected chi connectivity index (χ0v) is 21.4. The van der Waals surface area contributed by atoms with E-state index in [0.29, 0.717) is 15.6 Å². The number of halogens is 2. The molecule has 0 aromatic heterocycles. The van der Waals surface area contributed by atoms with Gasteiger partial charge in [0.25, 0.3) is 0 Å². The number of amides is 1. The van der Waals surface area contributed by atoms with Crippen LogP contribution < -0.4 is 5.32 Å². The Bertz CT molecular complexity index is 1130. The number of rotatable bonds is 8. The zero-order chi connectivity index (χ0) is 24.8. The molecule has 1 aliphatic carbocycles. The van der Waals surface area contributed by atoms with Crippen LogP contribution in [-0.4, -0.2) is 17.7 Å². The standard InChI is InChI=1S/C30H31Cl2NO2/c1-20(28(22-13-17-25(32)18-14-22)19-21-11-15-24(31)16-12-21)33-30(35)27-10-6-5-9-26(27)29(34)23-7-3-2-4-8-23/h2-4,7-8,11-18,20,26-28H,5-6,9-10,19H2,1H3,(H,33,35)/t20?,26-,27-,28?/m0/s1. The molecule has 0 bridgehead atoms. The lowest BCUT2D eigenvalue weighted by atomic mass is 9.74. The predicted octanol–water partition coefficient (Wildman–Crippen LogP) is 7.51. The Morgan fingerprint density at radius 2 is 1.40 bits per heavy atom. The minimum atomic E-state index is -0.305. The third-order valence-corrected chi connectivity index (χ3v) is 7.64. The summed E-state index contributed by atoms with van der Waals surface area (Å²) in [5.74, 6) is -0.483. The molecule has 3 nitrogen and oxygen atoms in total. The van der Waals surface area contributed by atoms with Gasteiger partial charge in [-0.1, -0.05) is 90.6 Å². The first-order valence-corrected chi connectivity index (χ1v) is 13.1. The molecule has 3 aromatic rings. The van der Waals surface area contributed by atoms with Gasteiger partial charge in [0.1, 0.15) is 0 Å². The van der Waals surface area contributed by atoms with Gasteiger partial charge in [-0.05, 0) is 61.6 Å². The number of benzene rings is 3. The smallest absolute Gasteiger partial charge is 0.224 e. The highest BCUT2D eigenvalue weighted by molar-refractivity contribution is 6.30. The summed E-state index contributed by atoms with van der Waals surface area (Å²) in [5.41, 5.74) is 2.94. The first kappa shape index (κ1) is 25.5. The van der Waals surface area contributed by atoms with Gasteiger partial charge in [0.2, 0.25) is 5.91 Å². The fourth-order valence-electron chi connectivity index (χ4n) is 5.17. The Labute approximate surface area is 217 Å². The molecule has 1 N–H and O–H groups in total. The summed E-state index contributed by atoms with van der Waals surface area (Å²) in [5, 5.41) is 4.66. The van der Waals surface area contributed by atoms with Crippen LogP contribution in [0.1, 0.15) is 60.0 Å². The van der Waals surface area contributed by atoms with E-state index in [4.69, 9.17) is 23.2 Å². The maximum atomic E-state index is 13.5. The molecule has 1 saturated carbocycles. The summed E-state index contributed by atoms with van der Waals surface area (Å²) in [7, 11) is 0. The zero-order valence-electron chi connectivity index (χ0n) is 19.9. The number of hydrogen-bond donors (Lipinski definition) is 1. The lowest BCUT2D eigenvalue weighted by Crippen LogP contribution is -2.45. The van der Waals surface area contributed by atoms with E-state index in [1.807, 2.05) is 85.8 Å². The number of nitrogens with one attached hydrogen (secondary N) is 1. The molecule has 1 fully saturated rings. The van der Waals surface area contributed by atoms with Crippen LogP contribution in [0.4, 0.5) is 0 Å². The molecular formula is C30H31Cl2NO2. The average molecular weight is 508 g/mol. The van der Waals surface area contributed by atoms with Crippen LogP contribution in [0.3, 0.4) is 0 Å². The van der Waals surface area contributed by atoms with E-state index in [2.05, 4.69) is 5.32 Å². The third-order valence-electron chi connectivity index (χ3n) is 7.14. The summed E-state index contributed by atoms with van der Waals surface area (Å²) >= 11 is 12.2. The van der Waals surface area contributed by atoms with Crippen LogP contribution >= 0.6 is 23.2 Å². The van der Waals surface area contributed by atoms with Crippen molar-refractivity contribution in [3.05, 3.63) is 106 Å². The van der Waals surface area contributed by atoms with Gasteiger partial charge in [-0.2, -0.15) is 0 Å². The normalized spacial score (nSPS) is 19.5.